The number of methoxy groups -OCH3 is 1. The van der Waals surface area contributed by atoms with Crippen LogP contribution in [0.4, 0.5) is 0 Å². The van der Waals surface area contributed by atoms with Crippen LogP contribution in [0.2, 0.25) is 0 Å². The highest BCUT2D eigenvalue weighted by Gasteiger charge is 2.14. The third kappa shape index (κ3) is 3.77. The molecule has 2 N–H and O–H groups in total. The topological polar surface area (TPSA) is 70.1 Å². The fraction of sp³-hybridized carbons (Fsp3) is 0.167. The largest absolute Gasteiger partial charge is 0.497 e. The van der Waals surface area contributed by atoms with E-state index in [0.717, 1.165) is 28.0 Å². The lowest BCUT2D eigenvalue weighted by Crippen LogP contribution is -2.24. The summed E-state index contributed by atoms with van der Waals surface area (Å²) in [5.41, 5.74) is 10.4. The van der Waals surface area contributed by atoms with Gasteiger partial charge < -0.3 is 10.5 Å². The van der Waals surface area contributed by atoms with Crippen molar-refractivity contribution >= 4 is 10.9 Å². The molecule has 1 aromatic heterocycles. The first-order valence-corrected chi connectivity index (χ1v) is 9.52. The Morgan fingerprint density at radius 1 is 1.00 bits per heavy atom. The van der Waals surface area contributed by atoms with E-state index < -0.39 is 0 Å². The van der Waals surface area contributed by atoms with Gasteiger partial charge in [0, 0.05) is 12.1 Å². The zero-order chi connectivity index (χ0) is 20.4. The molecule has 4 aromatic rings. The molecule has 0 fully saturated rings. The summed E-state index contributed by atoms with van der Waals surface area (Å²) in [5, 5.41) is 0.622. The molecule has 29 heavy (non-hydrogen) atoms. The first kappa shape index (κ1) is 18.9. The summed E-state index contributed by atoms with van der Waals surface area (Å²) in [7, 11) is 1.63. The van der Waals surface area contributed by atoms with Gasteiger partial charge in [-0.15, -0.1) is 0 Å². The van der Waals surface area contributed by atoms with Crippen molar-refractivity contribution in [3.63, 3.8) is 0 Å². The molecule has 0 aliphatic carbocycles. The van der Waals surface area contributed by atoms with E-state index in [2.05, 4.69) is 0 Å². The number of rotatable bonds is 5. The van der Waals surface area contributed by atoms with Crippen LogP contribution in [0.5, 0.6) is 5.75 Å². The molecule has 0 atom stereocenters. The van der Waals surface area contributed by atoms with Crippen LogP contribution in [-0.2, 0) is 13.1 Å². The van der Waals surface area contributed by atoms with Crippen LogP contribution in [-0.4, -0.2) is 16.7 Å². The Balaban J connectivity index is 1.93. The number of aryl methyl sites for hydroxylation is 1. The minimum atomic E-state index is -0.0531. The Hall–Kier alpha value is -3.44. The average Bonchev–Trinajstić information content (AvgIpc) is 2.76. The number of nitrogens with zero attached hydrogens (tertiary/aromatic N) is 2. The Kier molecular flexibility index (Phi) is 5.14. The maximum atomic E-state index is 13.4. The molecule has 146 valence electrons. The molecule has 3 aromatic carbocycles. The van der Waals surface area contributed by atoms with Gasteiger partial charge in [-0.05, 0) is 54.4 Å². The number of nitrogens with two attached hydrogens (primary N) is 1. The Labute approximate surface area is 169 Å². The third-order valence-electron chi connectivity index (χ3n) is 5.03. The average molecular weight is 385 g/mol. The summed E-state index contributed by atoms with van der Waals surface area (Å²) >= 11 is 0. The van der Waals surface area contributed by atoms with E-state index >= 15 is 0 Å². The molecule has 4 rings (SSSR count). The summed E-state index contributed by atoms with van der Waals surface area (Å²) < 4.78 is 7.00. The standard InChI is InChI=1S/C24H23N3O2/c1-16-6-11-22-21(12-16)24(28)27(15-18-5-3-4-17(13-18)14-25)23(26-22)19-7-9-20(29-2)10-8-19/h3-13H,14-15,25H2,1-2H3. The monoisotopic (exact) mass is 385 g/mol. The Morgan fingerprint density at radius 3 is 2.48 bits per heavy atom. The van der Waals surface area contributed by atoms with E-state index in [4.69, 9.17) is 15.5 Å². The van der Waals surface area contributed by atoms with E-state index in [1.807, 2.05) is 73.7 Å². The molecule has 1 heterocycles. The van der Waals surface area contributed by atoms with Crippen molar-refractivity contribution in [1.29, 1.82) is 0 Å². The van der Waals surface area contributed by atoms with Gasteiger partial charge in [0.05, 0.1) is 24.6 Å². The lowest BCUT2D eigenvalue weighted by molar-refractivity contribution is 0.415. The molecule has 0 spiro atoms. The second kappa shape index (κ2) is 7.89. The summed E-state index contributed by atoms with van der Waals surface area (Å²) in [6.45, 7) is 2.86. The van der Waals surface area contributed by atoms with E-state index in [-0.39, 0.29) is 5.56 Å². The molecule has 0 saturated heterocycles. The predicted molar refractivity (Wildman–Crippen MR) is 116 cm³/mol. The quantitative estimate of drug-likeness (QED) is 0.566. The van der Waals surface area contributed by atoms with Crippen LogP contribution >= 0.6 is 0 Å². The molecule has 0 aliphatic heterocycles. The normalized spacial score (nSPS) is 11.0. The molecule has 0 unspecified atom stereocenters. The van der Waals surface area contributed by atoms with E-state index in [1.165, 1.54) is 0 Å². The summed E-state index contributed by atoms with van der Waals surface area (Å²) in [6.07, 6.45) is 0. The number of ether oxygens (including phenoxy) is 1. The predicted octanol–water partition coefficient (Wildman–Crippen LogP) is 3.89. The maximum absolute atomic E-state index is 13.4. The molecular formula is C24H23N3O2. The van der Waals surface area contributed by atoms with Crippen molar-refractivity contribution in [2.24, 2.45) is 5.73 Å². The summed E-state index contributed by atoms with van der Waals surface area (Å²) in [6, 6.07) is 21.4. The number of hydrogen-bond donors (Lipinski definition) is 1. The van der Waals surface area contributed by atoms with Crippen molar-refractivity contribution in [2.45, 2.75) is 20.0 Å². The minimum absolute atomic E-state index is 0.0531. The highest BCUT2D eigenvalue weighted by Crippen LogP contribution is 2.23. The van der Waals surface area contributed by atoms with Gasteiger partial charge in [-0.2, -0.15) is 0 Å². The third-order valence-corrected chi connectivity index (χ3v) is 5.03. The number of hydrogen-bond acceptors (Lipinski definition) is 4. The highest BCUT2D eigenvalue weighted by molar-refractivity contribution is 5.80. The molecular weight excluding hydrogens is 362 g/mol. The summed E-state index contributed by atoms with van der Waals surface area (Å²) in [4.78, 5) is 18.3. The molecule has 0 aliphatic rings. The first-order valence-electron chi connectivity index (χ1n) is 9.52. The van der Waals surface area contributed by atoms with Crippen molar-refractivity contribution < 1.29 is 4.74 Å². The fourth-order valence-corrected chi connectivity index (χ4v) is 3.48. The first-order chi connectivity index (χ1) is 14.1. The zero-order valence-corrected chi connectivity index (χ0v) is 16.6. The van der Waals surface area contributed by atoms with Crippen LogP contribution in [0.3, 0.4) is 0 Å². The van der Waals surface area contributed by atoms with Crippen LogP contribution in [0, 0.1) is 6.92 Å². The molecule has 0 saturated carbocycles. The molecule has 0 amide bonds. The maximum Gasteiger partial charge on any atom is 0.261 e. The van der Waals surface area contributed by atoms with Crippen LogP contribution < -0.4 is 16.0 Å². The van der Waals surface area contributed by atoms with E-state index in [1.54, 1.807) is 11.7 Å². The second-order valence-corrected chi connectivity index (χ2v) is 7.10. The van der Waals surface area contributed by atoms with Crippen LogP contribution in [0.25, 0.3) is 22.3 Å². The molecule has 5 nitrogen and oxygen atoms in total. The fourth-order valence-electron chi connectivity index (χ4n) is 3.48. The van der Waals surface area contributed by atoms with E-state index in [9.17, 15) is 4.79 Å². The van der Waals surface area contributed by atoms with Gasteiger partial charge >= 0.3 is 0 Å². The molecule has 5 heteroatoms. The van der Waals surface area contributed by atoms with Crippen LogP contribution in [0.15, 0.2) is 71.5 Å². The van der Waals surface area contributed by atoms with Gasteiger partial charge in [-0.3, -0.25) is 9.36 Å². The second-order valence-electron chi connectivity index (χ2n) is 7.10. The van der Waals surface area contributed by atoms with Gasteiger partial charge in [-0.25, -0.2) is 4.98 Å². The van der Waals surface area contributed by atoms with Gasteiger partial charge in [0.2, 0.25) is 0 Å². The zero-order valence-electron chi connectivity index (χ0n) is 16.6. The Morgan fingerprint density at radius 2 is 1.76 bits per heavy atom. The highest BCUT2D eigenvalue weighted by atomic mass is 16.5. The van der Waals surface area contributed by atoms with Crippen molar-refractivity contribution in [3.8, 4) is 17.1 Å². The van der Waals surface area contributed by atoms with Gasteiger partial charge in [-0.1, -0.05) is 35.9 Å². The van der Waals surface area contributed by atoms with Crippen molar-refractivity contribution in [2.75, 3.05) is 7.11 Å². The van der Waals surface area contributed by atoms with Crippen molar-refractivity contribution in [1.82, 2.24) is 9.55 Å². The lowest BCUT2D eigenvalue weighted by Gasteiger charge is -2.15. The van der Waals surface area contributed by atoms with E-state index in [0.29, 0.717) is 29.8 Å². The molecule has 0 bridgehead atoms. The van der Waals surface area contributed by atoms with Gasteiger partial charge in [0.25, 0.3) is 5.56 Å². The molecule has 0 radical (unpaired) electrons. The van der Waals surface area contributed by atoms with Gasteiger partial charge in [0.1, 0.15) is 11.6 Å². The summed E-state index contributed by atoms with van der Waals surface area (Å²) in [5.74, 6) is 1.39. The number of fused-ring (bicyclic) bond motifs is 1. The van der Waals surface area contributed by atoms with Gasteiger partial charge in [0.15, 0.2) is 0 Å². The number of aromatic nitrogens is 2. The van der Waals surface area contributed by atoms with Crippen LogP contribution in [0.1, 0.15) is 16.7 Å². The smallest absolute Gasteiger partial charge is 0.261 e. The number of benzene rings is 3. The SMILES string of the molecule is COc1ccc(-c2nc3ccc(C)cc3c(=O)n2Cc2cccc(CN)c2)cc1. The Bertz CT molecular complexity index is 1230. The minimum Gasteiger partial charge on any atom is -0.497 e. The van der Waals surface area contributed by atoms with Crippen molar-refractivity contribution in [3.05, 3.63) is 93.8 Å². The lowest BCUT2D eigenvalue weighted by atomic mass is 10.1.